The molecular formula is C14H17NO3S2. The van der Waals surface area contributed by atoms with Crippen molar-refractivity contribution in [3.8, 4) is 0 Å². The van der Waals surface area contributed by atoms with Crippen molar-refractivity contribution < 1.29 is 13.5 Å². The van der Waals surface area contributed by atoms with Gasteiger partial charge >= 0.3 is 0 Å². The van der Waals surface area contributed by atoms with E-state index in [0.29, 0.717) is 17.8 Å². The van der Waals surface area contributed by atoms with Crippen molar-refractivity contribution >= 4 is 27.0 Å². The van der Waals surface area contributed by atoms with Crippen LogP contribution in [0.5, 0.6) is 0 Å². The van der Waals surface area contributed by atoms with Crippen molar-refractivity contribution in [3.63, 3.8) is 0 Å². The summed E-state index contributed by atoms with van der Waals surface area (Å²) >= 11 is 1.13. The summed E-state index contributed by atoms with van der Waals surface area (Å²) in [4.78, 5) is 0. The zero-order valence-electron chi connectivity index (χ0n) is 11.4. The van der Waals surface area contributed by atoms with E-state index in [9.17, 15) is 8.42 Å². The van der Waals surface area contributed by atoms with E-state index >= 15 is 0 Å². The highest BCUT2D eigenvalue weighted by Crippen LogP contribution is 2.28. The highest BCUT2D eigenvalue weighted by Gasteiger charge is 2.25. The van der Waals surface area contributed by atoms with Gasteiger partial charge in [-0.1, -0.05) is 17.7 Å². The molecule has 2 rings (SSSR count). The maximum absolute atomic E-state index is 12.6. The Hall–Kier alpha value is -1.37. The Morgan fingerprint density at radius 2 is 1.90 bits per heavy atom. The van der Waals surface area contributed by atoms with Gasteiger partial charge in [-0.25, -0.2) is 8.42 Å². The number of anilines is 1. The van der Waals surface area contributed by atoms with Gasteiger partial charge < -0.3 is 5.11 Å². The van der Waals surface area contributed by atoms with Crippen LogP contribution in [0.2, 0.25) is 0 Å². The zero-order valence-corrected chi connectivity index (χ0v) is 13.0. The van der Waals surface area contributed by atoms with E-state index in [1.807, 2.05) is 19.1 Å². The fourth-order valence-electron chi connectivity index (χ4n) is 1.88. The molecule has 0 amide bonds. The maximum Gasteiger partial charge on any atom is 0.273 e. The van der Waals surface area contributed by atoms with Gasteiger partial charge in [0, 0.05) is 6.54 Å². The van der Waals surface area contributed by atoms with E-state index in [1.165, 1.54) is 10.4 Å². The van der Waals surface area contributed by atoms with Crippen LogP contribution in [0.3, 0.4) is 0 Å². The molecule has 0 bridgehead atoms. The molecule has 0 spiro atoms. The highest BCUT2D eigenvalue weighted by molar-refractivity contribution is 7.94. The number of sulfonamides is 1. The average Bonchev–Trinajstić information content (AvgIpc) is 2.91. The van der Waals surface area contributed by atoms with Crippen molar-refractivity contribution in [2.75, 3.05) is 10.8 Å². The van der Waals surface area contributed by atoms with Gasteiger partial charge in [0.25, 0.3) is 10.0 Å². The van der Waals surface area contributed by atoms with Crippen molar-refractivity contribution in [3.05, 3.63) is 46.8 Å². The van der Waals surface area contributed by atoms with Gasteiger partial charge in [0.2, 0.25) is 0 Å². The molecule has 108 valence electrons. The van der Waals surface area contributed by atoms with Gasteiger partial charge in [-0.05, 0) is 43.0 Å². The number of hydrogen-bond donors (Lipinski definition) is 1. The van der Waals surface area contributed by atoms with E-state index in [0.717, 1.165) is 16.9 Å². The number of rotatable bonds is 5. The summed E-state index contributed by atoms with van der Waals surface area (Å²) in [6.45, 7) is 3.97. The lowest BCUT2D eigenvalue weighted by atomic mass is 10.2. The second-order valence-electron chi connectivity index (χ2n) is 4.44. The van der Waals surface area contributed by atoms with Gasteiger partial charge in [-0.2, -0.15) is 0 Å². The topological polar surface area (TPSA) is 57.6 Å². The Kier molecular flexibility index (Phi) is 4.47. The molecule has 6 heteroatoms. The Balaban J connectivity index is 2.41. The standard InChI is InChI=1S/C14H17NO3S2/c1-3-15(13-6-4-11(2)5-7-13)20(17,18)14-8-12(9-16)10-19-14/h4-8,10,16H,3,9H2,1-2H3. The van der Waals surface area contributed by atoms with Crippen LogP contribution in [0.1, 0.15) is 18.1 Å². The Bertz CT molecular complexity index is 675. The van der Waals surface area contributed by atoms with E-state index in [1.54, 1.807) is 24.4 Å². The summed E-state index contributed by atoms with van der Waals surface area (Å²) in [5, 5.41) is 10.7. The minimum absolute atomic E-state index is 0.150. The number of aliphatic hydroxyl groups excluding tert-OH is 1. The second kappa shape index (κ2) is 5.95. The molecule has 1 N–H and O–H groups in total. The Labute approximate surface area is 123 Å². The van der Waals surface area contributed by atoms with Crippen molar-refractivity contribution in [2.45, 2.75) is 24.7 Å². The molecule has 0 aliphatic heterocycles. The SMILES string of the molecule is CCN(c1ccc(C)cc1)S(=O)(=O)c1cc(CO)cs1. The lowest BCUT2D eigenvalue weighted by Crippen LogP contribution is -2.30. The third-order valence-corrected chi connectivity index (χ3v) is 6.33. The van der Waals surface area contributed by atoms with Crippen molar-refractivity contribution in [2.24, 2.45) is 0 Å². The summed E-state index contributed by atoms with van der Waals surface area (Å²) in [6.07, 6.45) is 0. The van der Waals surface area contributed by atoms with Gasteiger partial charge in [0.05, 0.1) is 12.3 Å². The first-order valence-corrected chi connectivity index (χ1v) is 8.58. The third kappa shape index (κ3) is 2.87. The van der Waals surface area contributed by atoms with Crippen molar-refractivity contribution in [1.82, 2.24) is 0 Å². The van der Waals surface area contributed by atoms with Crippen LogP contribution in [0.4, 0.5) is 5.69 Å². The predicted octanol–water partition coefficient (Wildman–Crippen LogP) is 2.76. The second-order valence-corrected chi connectivity index (χ2v) is 7.44. The van der Waals surface area contributed by atoms with Crippen LogP contribution in [-0.4, -0.2) is 20.1 Å². The summed E-state index contributed by atoms with van der Waals surface area (Å²) in [6, 6.07) is 8.91. The molecule has 4 nitrogen and oxygen atoms in total. The molecule has 0 fully saturated rings. The van der Waals surface area contributed by atoms with E-state index in [-0.39, 0.29) is 10.8 Å². The first kappa shape index (κ1) is 15.0. The number of thiophene rings is 1. The van der Waals surface area contributed by atoms with E-state index in [4.69, 9.17) is 5.11 Å². The number of benzene rings is 1. The fourth-order valence-corrected chi connectivity index (χ4v) is 4.67. The molecular weight excluding hydrogens is 294 g/mol. The number of aryl methyl sites for hydroxylation is 1. The van der Waals surface area contributed by atoms with Crippen LogP contribution in [0.15, 0.2) is 39.9 Å². The molecule has 20 heavy (non-hydrogen) atoms. The summed E-state index contributed by atoms with van der Waals surface area (Å²) < 4.78 is 26.9. The molecule has 0 unspecified atom stereocenters. The first-order chi connectivity index (χ1) is 9.48. The van der Waals surface area contributed by atoms with Crippen LogP contribution < -0.4 is 4.31 Å². The van der Waals surface area contributed by atoms with E-state index in [2.05, 4.69) is 0 Å². The lowest BCUT2D eigenvalue weighted by molar-refractivity contribution is 0.282. The molecule has 0 atom stereocenters. The average molecular weight is 311 g/mol. The van der Waals surface area contributed by atoms with E-state index < -0.39 is 10.0 Å². The summed E-state index contributed by atoms with van der Waals surface area (Å²) in [5.41, 5.74) is 2.35. The normalized spacial score (nSPS) is 11.6. The number of hydrogen-bond acceptors (Lipinski definition) is 4. The summed E-state index contributed by atoms with van der Waals surface area (Å²) in [5.74, 6) is 0. The fraction of sp³-hybridized carbons (Fsp3) is 0.286. The van der Waals surface area contributed by atoms with Gasteiger partial charge in [0.15, 0.2) is 0 Å². The van der Waals surface area contributed by atoms with Gasteiger partial charge in [-0.15, -0.1) is 11.3 Å². The molecule has 0 saturated heterocycles. The molecule has 1 aromatic carbocycles. The molecule has 0 saturated carbocycles. The van der Waals surface area contributed by atoms with Crippen molar-refractivity contribution in [1.29, 1.82) is 0 Å². The zero-order chi connectivity index (χ0) is 14.8. The van der Waals surface area contributed by atoms with Crippen LogP contribution in [-0.2, 0) is 16.6 Å². The molecule has 2 aromatic rings. The molecule has 0 radical (unpaired) electrons. The highest BCUT2D eigenvalue weighted by atomic mass is 32.2. The monoisotopic (exact) mass is 311 g/mol. The summed E-state index contributed by atoms with van der Waals surface area (Å²) in [7, 11) is -3.57. The molecule has 0 aliphatic rings. The Morgan fingerprint density at radius 3 is 2.40 bits per heavy atom. The maximum atomic E-state index is 12.6. The predicted molar refractivity (Wildman–Crippen MR) is 81.6 cm³/mol. The smallest absolute Gasteiger partial charge is 0.273 e. The minimum Gasteiger partial charge on any atom is -0.392 e. The van der Waals surface area contributed by atoms with Gasteiger partial charge in [0.1, 0.15) is 4.21 Å². The third-order valence-electron chi connectivity index (χ3n) is 2.97. The van der Waals surface area contributed by atoms with Gasteiger partial charge in [-0.3, -0.25) is 4.31 Å². The molecule has 1 aromatic heterocycles. The molecule has 1 heterocycles. The lowest BCUT2D eigenvalue weighted by Gasteiger charge is -2.22. The number of nitrogens with zero attached hydrogens (tertiary/aromatic N) is 1. The van der Waals surface area contributed by atoms with Crippen LogP contribution in [0.25, 0.3) is 0 Å². The molecule has 0 aliphatic carbocycles. The first-order valence-electron chi connectivity index (χ1n) is 6.26. The van der Waals surface area contributed by atoms with Crippen LogP contribution >= 0.6 is 11.3 Å². The van der Waals surface area contributed by atoms with Crippen LogP contribution in [0, 0.1) is 6.92 Å². The number of aliphatic hydroxyl groups is 1. The minimum atomic E-state index is -3.57. The quantitative estimate of drug-likeness (QED) is 0.923. The Morgan fingerprint density at radius 1 is 1.25 bits per heavy atom. The largest absolute Gasteiger partial charge is 0.392 e.